The monoisotopic (exact) mass is 398 g/mol. The van der Waals surface area contributed by atoms with E-state index in [9.17, 15) is 9.59 Å². The second-order valence-electron chi connectivity index (χ2n) is 6.91. The second-order valence-corrected chi connectivity index (χ2v) is 8.32. The molecule has 0 bridgehead atoms. The Hall–Kier alpha value is -2.54. The van der Waals surface area contributed by atoms with Gasteiger partial charge in [0.2, 0.25) is 11.8 Å². The molecular weight excluding hydrogens is 372 g/mol. The van der Waals surface area contributed by atoms with E-state index in [1.54, 1.807) is 6.20 Å². The van der Waals surface area contributed by atoms with Crippen molar-refractivity contribution >= 4 is 40.8 Å². The summed E-state index contributed by atoms with van der Waals surface area (Å²) >= 11 is 1.47. The van der Waals surface area contributed by atoms with Crippen LogP contribution in [0.4, 0.5) is 17.2 Å². The Kier molecular flexibility index (Phi) is 6.92. The van der Waals surface area contributed by atoms with E-state index in [1.165, 1.54) is 37.9 Å². The van der Waals surface area contributed by atoms with Gasteiger partial charge in [0.05, 0.1) is 17.1 Å². The fraction of sp³-hybridized carbons (Fsp3) is 0.381. The molecule has 2 aromatic rings. The van der Waals surface area contributed by atoms with Crippen molar-refractivity contribution in [2.75, 3.05) is 28.6 Å². The van der Waals surface area contributed by atoms with Crippen molar-refractivity contribution in [2.45, 2.75) is 43.3 Å². The van der Waals surface area contributed by atoms with Crippen molar-refractivity contribution in [3.8, 4) is 0 Å². The summed E-state index contributed by atoms with van der Waals surface area (Å²) in [6.45, 7) is 5.44. The molecule has 6 nitrogen and oxygen atoms in total. The van der Waals surface area contributed by atoms with E-state index in [2.05, 4.69) is 20.5 Å². The maximum atomic E-state index is 12.5. The molecule has 0 aliphatic carbocycles. The standard InChI is InChI=1S/C21H26N4O2S/c1-15(28-19-9-6-17(7-10-19)23-16(2)26)21(27)24-18-8-11-20(22-14-18)25-12-4-3-5-13-25/h6-11,14-15H,3-5,12-13H2,1-2H3,(H,23,26)(H,24,27). The summed E-state index contributed by atoms with van der Waals surface area (Å²) in [5.74, 6) is 0.802. The van der Waals surface area contributed by atoms with Gasteiger partial charge in [-0.15, -0.1) is 11.8 Å². The molecule has 0 radical (unpaired) electrons. The Balaban J connectivity index is 1.52. The Morgan fingerprint density at radius 1 is 1.00 bits per heavy atom. The normalized spacial score (nSPS) is 15.0. The molecule has 148 valence electrons. The lowest BCUT2D eigenvalue weighted by atomic mass is 10.1. The van der Waals surface area contributed by atoms with E-state index >= 15 is 0 Å². The van der Waals surface area contributed by atoms with Gasteiger partial charge >= 0.3 is 0 Å². The predicted molar refractivity (Wildman–Crippen MR) is 115 cm³/mol. The molecule has 1 fully saturated rings. The van der Waals surface area contributed by atoms with Gasteiger partial charge in [0.25, 0.3) is 0 Å². The minimum absolute atomic E-state index is 0.0662. The first kappa shape index (κ1) is 20.2. The third-order valence-corrected chi connectivity index (χ3v) is 5.66. The highest BCUT2D eigenvalue weighted by Gasteiger charge is 2.16. The van der Waals surface area contributed by atoms with E-state index in [0.29, 0.717) is 5.69 Å². The van der Waals surface area contributed by atoms with Crippen LogP contribution in [-0.2, 0) is 9.59 Å². The molecule has 1 saturated heterocycles. The molecule has 3 rings (SSSR count). The largest absolute Gasteiger partial charge is 0.357 e. The van der Waals surface area contributed by atoms with E-state index in [-0.39, 0.29) is 17.1 Å². The van der Waals surface area contributed by atoms with Gasteiger partial charge in [-0.2, -0.15) is 0 Å². The van der Waals surface area contributed by atoms with Gasteiger partial charge < -0.3 is 15.5 Å². The van der Waals surface area contributed by atoms with Crippen molar-refractivity contribution < 1.29 is 9.59 Å². The molecule has 28 heavy (non-hydrogen) atoms. The highest BCUT2D eigenvalue weighted by molar-refractivity contribution is 8.00. The second kappa shape index (κ2) is 9.59. The zero-order valence-corrected chi connectivity index (χ0v) is 17.1. The number of thioether (sulfide) groups is 1. The molecule has 1 atom stereocenters. The van der Waals surface area contributed by atoms with E-state index in [4.69, 9.17) is 0 Å². The molecule has 2 heterocycles. The number of hydrogen-bond donors (Lipinski definition) is 2. The minimum Gasteiger partial charge on any atom is -0.357 e. The molecule has 0 saturated carbocycles. The predicted octanol–water partition coefficient (Wildman–Crippen LogP) is 4.15. The fourth-order valence-electron chi connectivity index (χ4n) is 3.09. The highest BCUT2D eigenvalue weighted by Crippen LogP contribution is 2.26. The van der Waals surface area contributed by atoms with Crippen LogP contribution in [0, 0.1) is 0 Å². The number of nitrogens with zero attached hydrogens (tertiary/aromatic N) is 2. The number of anilines is 3. The van der Waals surface area contributed by atoms with Gasteiger partial charge in [0, 0.05) is 30.6 Å². The van der Waals surface area contributed by atoms with Gasteiger partial charge in [0.1, 0.15) is 5.82 Å². The first-order valence-corrected chi connectivity index (χ1v) is 10.5. The first-order valence-electron chi connectivity index (χ1n) is 9.57. The highest BCUT2D eigenvalue weighted by atomic mass is 32.2. The van der Waals surface area contributed by atoms with Gasteiger partial charge in [-0.05, 0) is 62.6 Å². The molecule has 1 aliphatic rings. The molecule has 2 amide bonds. The molecule has 7 heteroatoms. The third kappa shape index (κ3) is 5.73. The van der Waals surface area contributed by atoms with Gasteiger partial charge in [-0.3, -0.25) is 9.59 Å². The first-order chi connectivity index (χ1) is 13.5. The van der Waals surface area contributed by atoms with Crippen LogP contribution in [0.2, 0.25) is 0 Å². The molecule has 1 aromatic heterocycles. The summed E-state index contributed by atoms with van der Waals surface area (Å²) in [5.41, 5.74) is 1.45. The number of benzene rings is 1. The summed E-state index contributed by atoms with van der Waals surface area (Å²) in [5, 5.41) is 5.41. The SMILES string of the molecule is CC(=O)Nc1ccc(SC(C)C(=O)Nc2ccc(N3CCCCC3)nc2)cc1. The van der Waals surface area contributed by atoms with Crippen LogP contribution in [0.15, 0.2) is 47.5 Å². The number of hydrogen-bond acceptors (Lipinski definition) is 5. The molecular formula is C21H26N4O2S. The zero-order chi connectivity index (χ0) is 19.9. The number of carbonyl (C=O) groups is 2. The summed E-state index contributed by atoms with van der Waals surface area (Å²) in [6.07, 6.45) is 5.43. The Bertz CT molecular complexity index is 802. The fourth-order valence-corrected chi connectivity index (χ4v) is 3.96. The number of rotatable bonds is 6. The van der Waals surface area contributed by atoms with Crippen LogP contribution < -0.4 is 15.5 Å². The van der Waals surface area contributed by atoms with Crippen molar-refractivity contribution in [1.82, 2.24) is 4.98 Å². The van der Waals surface area contributed by atoms with Crippen molar-refractivity contribution in [2.24, 2.45) is 0 Å². The minimum atomic E-state index is -0.256. The maximum Gasteiger partial charge on any atom is 0.237 e. The molecule has 1 aliphatic heterocycles. The van der Waals surface area contributed by atoms with Crippen LogP contribution in [0.1, 0.15) is 33.1 Å². The smallest absolute Gasteiger partial charge is 0.237 e. The zero-order valence-electron chi connectivity index (χ0n) is 16.3. The lowest BCUT2D eigenvalue weighted by Gasteiger charge is -2.27. The molecule has 1 unspecified atom stereocenters. The van der Waals surface area contributed by atoms with Crippen LogP contribution in [0.3, 0.4) is 0 Å². The number of amides is 2. The average molecular weight is 399 g/mol. The van der Waals surface area contributed by atoms with Crippen LogP contribution in [0.5, 0.6) is 0 Å². The summed E-state index contributed by atoms with van der Waals surface area (Å²) in [4.78, 5) is 31.3. The maximum absolute atomic E-state index is 12.5. The molecule has 0 spiro atoms. The number of piperidine rings is 1. The topological polar surface area (TPSA) is 74.3 Å². The Labute approximate surface area is 170 Å². The van der Waals surface area contributed by atoms with Crippen molar-refractivity contribution in [3.05, 3.63) is 42.6 Å². The summed E-state index contributed by atoms with van der Waals surface area (Å²) in [7, 11) is 0. The van der Waals surface area contributed by atoms with E-state index < -0.39 is 0 Å². The lowest BCUT2D eigenvalue weighted by Crippen LogP contribution is -2.30. The number of pyridine rings is 1. The van der Waals surface area contributed by atoms with Crippen LogP contribution in [0.25, 0.3) is 0 Å². The Morgan fingerprint density at radius 2 is 1.68 bits per heavy atom. The van der Waals surface area contributed by atoms with E-state index in [1.807, 2.05) is 43.3 Å². The van der Waals surface area contributed by atoms with Crippen LogP contribution >= 0.6 is 11.8 Å². The van der Waals surface area contributed by atoms with Crippen LogP contribution in [-0.4, -0.2) is 35.1 Å². The van der Waals surface area contributed by atoms with Crippen molar-refractivity contribution in [3.63, 3.8) is 0 Å². The summed E-state index contributed by atoms with van der Waals surface area (Å²) in [6, 6.07) is 11.3. The molecule has 2 N–H and O–H groups in total. The van der Waals surface area contributed by atoms with Gasteiger partial charge in [-0.1, -0.05) is 0 Å². The quantitative estimate of drug-likeness (QED) is 0.715. The summed E-state index contributed by atoms with van der Waals surface area (Å²) < 4.78 is 0. The Morgan fingerprint density at radius 3 is 2.29 bits per heavy atom. The molecule has 1 aromatic carbocycles. The van der Waals surface area contributed by atoms with E-state index in [0.717, 1.165) is 29.5 Å². The number of aromatic nitrogens is 1. The van der Waals surface area contributed by atoms with Gasteiger partial charge in [-0.25, -0.2) is 4.98 Å². The van der Waals surface area contributed by atoms with Gasteiger partial charge in [0.15, 0.2) is 0 Å². The number of nitrogens with one attached hydrogen (secondary N) is 2. The third-order valence-electron chi connectivity index (χ3n) is 4.55. The lowest BCUT2D eigenvalue weighted by molar-refractivity contribution is -0.115. The average Bonchev–Trinajstić information content (AvgIpc) is 2.70. The number of carbonyl (C=O) groups excluding carboxylic acids is 2. The van der Waals surface area contributed by atoms with Crippen molar-refractivity contribution in [1.29, 1.82) is 0 Å².